The molecule has 1 heterocycles. The van der Waals surface area contributed by atoms with Crippen molar-refractivity contribution in [2.45, 2.75) is 26.3 Å². The zero-order valence-corrected chi connectivity index (χ0v) is 17.3. The highest BCUT2D eigenvalue weighted by Gasteiger charge is 2.26. The fraction of sp³-hybridized carbons (Fsp3) is 0.391. The molecule has 6 nitrogen and oxygen atoms in total. The maximum absolute atomic E-state index is 12.7. The summed E-state index contributed by atoms with van der Waals surface area (Å²) < 4.78 is 5.25. The third kappa shape index (κ3) is 4.88. The average Bonchev–Trinajstić information content (AvgIpc) is 3.14. The highest BCUT2D eigenvalue weighted by molar-refractivity contribution is 5.99. The van der Waals surface area contributed by atoms with Gasteiger partial charge in [0.25, 0.3) is 5.91 Å². The Morgan fingerprint density at radius 3 is 2.59 bits per heavy atom. The van der Waals surface area contributed by atoms with Crippen LogP contribution in [0.3, 0.4) is 0 Å². The van der Waals surface area contributed by atoms with Gasteiger partial charge in [0.1, 0.15) is 11.8 Å². The first-order valence-electron chi connectivity index (χ1n) is 10.1. The number of benzene rings is 2. The lowest BCUT2D eigenvalue weighted by atomic mass is 10.0. The second kappa shape index (κ2) is 9.45. The molecule has 2 aromatic carbocycles. The van der Waals surface area contributed by atoms with Gasteiger partial charge in [-0.15, -0.1) is 0 Å². The highest BCUT2D eigenvalue weighted by atomic mass is 16.5. The van der Waals surface area contributed by atoms with E-state index in [0.717, 1.165) is 19.5 Å². The molecule has 0 fully saturated rings. The van der Waals surface area contributed by atoms with Gasteiger partial charge >= 0.3 is 0 Å². The molecule has 2 N–H and O–H groups in total. The second-order valence-electron chi connectivity index (χ2n) is 7.55. The summed E-state index contributed by atoms with van der Waals surface area (Å²) in [4.78, 5) is 27.7. The maximum Gasteiger partial charge on any atom is 0.255 e. The summed E-state index contributed by atoms with van der Waals surface area (Å²) in [7, 11) is 1.52. The van der Waals surface area contributed by atoms with Gasteiger partial charge in [-0.1, -0.05) is 44.2 Å². The number of anilines is 1. The van der Waals surface area contributed by atoms with Crippen LogP contribution in [0.4, 0.5) is 5.69 Å². The van der Waals surface area contributed by atoms with E-state index in [2.05, 4.69) is 33.7 Å². The predicted molar refractivity (Wildman–Crippen MR) is 114 cm³/mol. The topological polar surface area (TPSA) is 70.7 Å². The molecule has 0 unspecified atom stereocenters. The number of rotatable bonds is 8. The number of fused-ring (bicyclic) bond motifs is 1. The number of hydrogen-bond acceptors (Lipinski definition) is 4. The first-order valence-corrected chi connectivity index (χ1v) is 10.1. The Balaban J connectivity index is 1.56. The second-order valence-corrected chi connectivity index (χ2v) is 7.55. The number of carbonyl (C=O) groups is 2. The van der Waals surface area contributed by atoms with Crippen molar-refractivity contribution < 1.29 is 14.3 Å². The maximum atomic E-state index is 12.7. The number of nitrogens with one attached hydrogen (secondary N) is 2. The molecule has 2 amide bonds. The van der Waals surface area contributed by atoms with Crippen molar-refractivity contribution >= 4 is 17.5 Å². The first-order chi connectivity index (χ1) is 14.0. The molecule has 6 heteroatoms. The van der Waals surface area contributed by atoms with Gasteiger partial charge in [0.05, 0.1) is 12.7 Å². The largest absolute Gasteiger partial charge is 0.496 e. The van der Waals surface area contributed by atoms with Gasteiger partial charge < -0.3 is 20.3 Å². The number of hydrogen-bond donors (Lipinski definition) is 2. The lowest BCUT2D eigenvalue weighted by Gasteiger charge is -2.24. The summed E-state index contributed by atoms with van der Waals surface area (Å²) in [6.07, 6.45) is 1.04. The third-order valence-corrected chi connectivity index (χ3v) is 5.25. The van der Waals surface area contributed by atoms with E-state index in [1.165, 1.54) is 18.4 Å². The number of nitrogens with zero attached hydrogens (tertiary/aromatic N) is 1. The monoisotopic (exact) mass is 395 g/mol. The van der Waals surface area contributed by atoms with Crippen LogP contribution >= 0.6 is 0 Å². The average molecular weight is 396 g/mol. The zero-order chi connectivity index (χ0) is 20.8. The van der Waals surface area contributed by atoms with E-state index >= 15 is 0 Å². The van der Waals surface area contributed by atoms with E-state index < -0.39 is 6.04 Å². The molecular weight excluding hydrogens is 366 g/mol. The Morgan fingerprint density at radius 2 is 1.83 bits per heavy atom. The summed E-state index contributed by atoms with van der Waals surface area (Å²) >= 11 is 0. The van der Waals surface area contributed by atoms with E-state index in [-0.39, 0.29) is 17.7 Å². The molecule has 1 atom stereocenters. The van der Waals surface area contributed by atoms with Crippen LogP contribution in [-0.2, 0) is 11.2 Å². The van der Waals surface area contributed by atoms with Crippen LogP contribution in [-0.4, -0.2) is 44.6 Å². The standard InChI is InChI=1S/C23H29N3O3/c1-16(2)21(25-22(27)18-9-5-7-11-20(18)29-3)23(28)24-13-15-26-14-12-17-8-4-6-10-19(17)26/h4-11,16,21H,12-15H2,1-3H3,(H,24,28)(H,25,27)/t21-/m1/s1. The van der Waals surface area contributed by atoms with E-state index in [4.69, 9.17) is 4.74 Å². The molecule has 154 valence electrons. The SMILES string of the molecule is COc1ccccc1C(=O)N[C@@H](C(=O)NCCN1CCc2ccccc21)C(C)C. The molecule has 2 aromatic rings. The molecule has 0 spiro atoms. The van der Waals surface area contributed by atoms with Crippen molar-refractivity contribution in [3.05, 3.63) is 59.7 Å². The van der Waals surface area contributed by atoms with Gasteiger partial charge in [-0.3, -0.25) is 9.59 Å². The number of ether oxygens (including phenoxy) is 1. The van der Waals surface area contributed by atoms with Crippen LogP contribution in [0.1, 0.15) is 29.8 Å². The summed E-state index contributed by atoms with van der Waals surface area (Å²) in [6.45, 7) is 6.08. The lowest BCUT2D eigenvalue weighted by molar-refractivity contribution is -0.123. The first kappa shape index (κ1) is 20.7. The van der Waals surface area contributed by atoms with Gasteiger partial charge in [0.2, 0.25) is 5.91 Å². The normalized spacial score (nSPS) is 13.7. The van der Waals surface area contributed by atoms with Crippen LogP contribution in [0.2, 0.25) is 0 Å². The fourth-order valence-corrected chi connectivity index (χ4v) is 3.65. The van der Waals surface area contributed by atoms with Gasteiger partial charge in [-0.25, -0.2) is 0 Å². The smallest absolute Gasteiger partial charge is 0.255 e. The van der Waals surface area contributed by atoms with Crippen molar-refractivity contribution in [3.63, 3.8) is 0 Å². The van der Waals surface area contributed by atoms with Crippen LogP contribution < -0.4 is 20.3 Å². The van der Waals surface area contributed by atoms with E-state index in [1.807, 2.05) is 19.9 Å². The molecule has 0 saturated heterocycles. The van der Waals surface area contributed by atoms with Crippen molar-refractivity contribution in [2.75, 3.05) is 31.6 Å². The Morgan fingerprint density at radius 1 is 1.10 bits per heavy atom. The molecule has 3 rings (SSSR count). The minimum Gasteiger partial charge on any atom is -0.496 e. The minimum atomic E-state index is -0.613. The molecule has 0 radical (unpaired) electrons. The van der Waals surface area contributed by atoms with Gasteiger partial charge in [-0.05, 0) is 36.1 Å². The summed E-state index contributed by atoms with van der Waals surface area (Å²) in [5, 5.41) is 5.84. The Hall–Kier alpha value is -3.02. The van der Waals surface area contributed by atoms with E-state index in [9.17, 15) is 9.59 Å². The third-order valence-electron chi connectivity index (χ3n) is 5.25. The van der Waals surface area contributed by atoms with E-state index in [1.54, 1.807) is 24.3 Å². The van der Waals surface area contributed by atoms with Crippen molar-refractivity contribution in [1.82, 2.24) is 10.6 Å². The molecule has 1 aliphatic rings. The van der Waals surface area contributed by atoms with Crippen LogP contribution in [0.25, 0.3) is 0 Å². The number of amides is 2. The number of methoxy groups -OCH3 is 1. The Bertz CT molecular complexity index is 866. The summed E-state index contributed by atoms with van der Waals surface area (Å²) in [6, 6.07) is 14.7. The van der Waals surface area contributed by atoms with E-state index in [0.29, 0.717) is 17.9 Å². The fourth-order valence-electron chi connectivity index (χ4n) is 3.65. The zero-order valence-electron chi connectivity index (χ0n) is 17.3. The van der Waals surface area contributed by atoms with Crippen molar-refractivity contribution in [3.8, 4) is 5.75 Å². The van der Waals surface area contributed by atoms with Gasteiger partial charge in [-0.2, -0.15) is 0 Å². The summed E-state index contributed by atoms with van der Waals surface area (Å²) in [5.74, 6) is -0.0396. The Kier molecular flexibility index (Phi) is 6.75. The molecule has 0 aliphatic carbocycles. The molecule has 0 bridgehead atoms. The predicted octanol–water partition coefficient (Wildman–Crippen LogP) is 2.63. The van der Waals surface area contributed by atoms with Crippen LogP contribution in [0, 0.1) is 5.92 Å². The summed E-state index contributed by atoms with van der Waals surface area (Å²) in [5.41, 5.74) is 3.01. The quantitative estimate of drug-likeness (QED) is 0.721. The highest BCUT2D eigenvalue weighted by Crippen LogP contribution is 2.26. The molecule has 29 heavy (non-hydrogen) atoms. The number of carbonyl (C=O) groups excluding carboxylic acids is 2. The van der Waals surface area contributed by atoms with Crippen LogP contribution in [0.5, 0.6) is 5.75 Å². The van der Waals surface area contributed by atoms with Crippen molar-refractivity contribution in [2.24, 2.45) is 5.92 Å². The molecule has 0 aromatic heterocycles. The van der Waals surface area contributed by atoms with Crippen LogP contribution in [0.15, 0.2) is 48.5 Å². The number of para-hydroxylation sites is 2. The van der Waals surface area contributed by atoms with Crippen molar-refractivity contribution in [1.29, 1.82) is 0 Å². The minimum absolute atomic E-state index is 0.0406. The lowest BCUT2D eigenvalue weighted by Crippen LogP contribution is -2.50. The van der Waals surface area contributed by atoms with Gasteiger partial charge in [0, 0.05) is 25.3 Å². The Labute approximate surface area is 172 Å². The molecule has 0 saturated carbocycles. The molecule has 1 aliphatic heterocycles. The van der Waals surface area contributed by atoms with Gasteiger partial charge in [0.15, 0.2) is 0 Å². The molecular formula is C23H29N3O3.